The Morgan fingerprint density at radius 3 is 2.62 bits per heavy atom. The van der Waals surface area contributed by atoms with Crippen molar-refractivity contribution in [2.45, 2.75) is 19.4 Å². The number of aliphatic hydroxyl groups excluding tert-OH is 2. The molecule has 0 unspecified atom stereocenters. The number of halogens is 1. The van der Waals surface area contributed by atoms with Gasteiger partial charge in [0.05, 0.1) is 4.47 Å². The van der Waals surface area contributed by atoms with Gasteiger partial charge in [0, 0.05) is 25.8 Å². The molecule has 1 aromatic rings. The van der Waals surface area contributed by atoms with Gasteiger partial charge < -0.3 is 10.2 Å². The summed E-state index contributed by atoms with van der Waals surface area (Å²) in [4.78, 5) is 0. The average molecular weight is 249 g/mol. The van der Waals surface area contributed by atoms with E-state index in [1.54, 1.807) is 4.68 Å². The molecule has 0 aliphatic carbocycles. The largest absolute Gasteiger partial charge is 0.396 e. The van der Waals surface area contributed by atoms with Crippen molar-refractivity contribution in [2.24, 2.45) is 7.05 Å². The maximum absolute atomic E-state index is 9.57. The summed E-state index contributed by atoms with van der Waals surface area (Å²) in [6, 6.07) is 0. The van der Waals surface area contributed by atoms with Crippen LogP contribution >= 0.6 is 15.9 Å². The van der Waals surface area contributed by atoms with E-state index in [0.717, 1.165) is 10.2 Å². The molecule has 0 aliphatic heterocycles. The lowest BCUT2D eigenvalue weighted by atomic mass is 10.2. The van der Waals surface area contributed by atoms with Crippen LogP contribution in [0.25, 0.3) is 0 Å². The maximum Gasteiger partial charge on any atom is 0.105 e. The van der Waals surface area contributed by atoms with Gasteiger partial charge in [0.2, 0.25) is 0 Å². The number of aliphatic hydroxyl groups is 2. The molecule has 1 rings (SSSR count). The number of hydrogen-bond acceptors (Lipinski definition) is 3. The lowest BCUT2D eigenvalue weighted by Crippen LogP contribution is -2.02. The Hall–Kier alpha value is -0.390. The molecule has 0 spiro atoms. The van der Waals surface area contributed by atoms with E-state index >= 15 is 0 Å². The first-order valence-corrected chi connectivity index (χ1v) is 4.85. The number of nitrogens with zero attached hydrogens (tertiary/aromatic N) is 2. The molecular weight excluding hydrogens is 236 g/mol. The normalized spacial score (nSPS) is 13.3. The van der Waals surface area contributed by atoms with E-state index in [0.29, 0.717) is 12.1 Å². The topological polar surface area (TPSA) is 58.3 Å². The molecular formula is C8H13BrN2O2. The highest BCUT2D eigenvalue weighted by Crippen LogP contribution is 2.26. The maximum atomic E-state index is 9.57. The van der Waals surface area contributed by atoms with Gasteiger partial charge in [0.1, 0.15) is 11.8 Å². The second-order valence-corrected chi connectivity index (χ2v) is 3.73. The van der Waals surface area contributed by atoms with Crippen LogP contribution < -0.4 is 0 Å². The summed E-state index contributed by atoms with van der Waals surface area (Å²) in [6.45, 7) is 1.87. The zero-order valence-electron chi connectivity index (χ0n) is 7.66. The fourth-order valence-corrected chi connectivity index (χ4v) is 1.68. The molecule has 4 nitrogen and oxygen atoms in total. The van der Waals surface area contributed by atoms with Crippen LogP contribution in [0.2, 0.25) is 0 Å². The van der Waals surface area contributed by atoms with Gasteiger partial charge in [0.25, 0.3) is 0 Å². The van der Waals surface area contributed by atoms with E-state index < -0.39 is 6.10 Å². The predicted octanol–water partition coefficient (Wildman–Crippen LogP) is 0.907. The summed E-state index contributed by atoms with van der Waals surface area (Å²) in [6.07, 6.45) is -0.381. The number of aryl methyl sites for hydroxylation is 1. The number of hydrogen-bond donors (Lipinski definition) is 2. The van der Waals surface area contributed by atoms with Crippen LogP contribution in [0.4, 0.5) is 0 Å². The third-order valence-corrected chi connectivity index (χ3v) is 2.98. The van der Waals surface area contributed by atoms with Crippen LogP contribution in [0, 0.1) is 6.92 Å². The van der Waals surface area contributed by atoms with E-state index in [2.05, 4.69) is 21.0 Å². The third-order valence-electron chi connectivity index (χ3n) is 2.00. The molecule has 1 aromatic heterocycles. The Kier molecular flexibility index (Phi) is 3.47. The molecule has 0 aromatic carbocycles. The van der Waals surface area contributed by atoms with Crippen LogP contribution in [0.3, 0.4) is 0 Å². The van der Waals surface area contributed by atoms with Crippen molar-refractivity contribution < 1.29 is 10.2 Å². The van der Waals surface area contributed by atoms with E-state index in [1.165, 1.54) is 0 Å². The van der Waals surface area contributed by atoms with E-state index in [-0.39, 0.29) is 6.61 Å². The molecule has 0 fully saturated rings. The summed E-state index contributed by atoms with van der Waals surface area (Å²) in [7, 11) is 1.81. The minimum absolute atomic E-state index is 0.0385. The standard InChI is InChI=1S/C8H13BrN2O2/c1-5-7(9)8(10-11(5)2)6(13)3-4-12/h6,12-13H,3-4H2,1-2H3/t6-/m1/s1. The van der Waals surface area contributed by atoms with E-state index in [4.69, 9.17) is 5.11 Å². The van der Waals surface area contributed by atoms with Gasteiger partial charge in [0.15, 0.2) is 0 Å². The van der Waals surface area contributed by atoms with E-state index in [1.807, 2.05) is 14.0 Å². The van der Waals surface area contributed by atoms with Crippen LogP contribution in [-0.2, 0) is 7.05 Å². The second kappa shape index (κ2) is 4.21. The molecule has 0 saturated heterocycles. The van der Waals surface area contributed by atoms with Crippen molar-refractivity contribution in [3.05, 3.63) is 15.9 Å². The molecule has 0 radical (unpaired) electrons. The summed E-state index contributed by atoms with van der Waals surface area (Å²) in [5.41, 5.74) is 1.56. The van der Waals surface area contributed by atoms with Gasteiger partial charge in [-0.25, -0.2) is 0 Å². The van der Waals surface area contributed by atoms with Crippen LogP contribution in [0.5, 0.6) is 0 Å². The Labute approximate surface area is 85.3 Å². The van der Waals surface area contributed by atoms with Crippen LogP contribution in [0.15, 0.2) is 4.47 Å². The fourth-order valence-electron chi connectivity index (χ4n) is 1.08. The third kappa shape index (κ3) is 2.10. The van der Waals surface area contributed by atoms with Gasteiger partial charge in [-0.1, -0.05) is 0 Å². The number of rotatable bonds is 3. The Morgan fingerprint density at radius 1 is 1.62 bits per heavy atom. The molecule has 13 heavy (non-hydrogen) atoms. The summed E-state index contributed by atoms with van der Waals surface area (Å²) < 4.78 is 2.51. The minimum atomic E-state index is -0.695. The van der Waals surface area contributed by atoms with Crippen molar-refractivity contribution in [2.75, 3.05) is 6.61 Å². The quantitative estimate of drug-likeness (QED) is 0.836. The first-order valence-electron chi connectivity index (χ1n) is 4.05. The summed E-state index contributed by atoms with van der Waals surface area (Å²) >= 11 is 3.35. The highest BCUT2D eigenvalue weighted by molar-refractivity contribution is 9.10. The highest BCUT2D eigenvalue weighted by atomic mass is 79.9. The molecule has 0 bridgehead atoms. The number of aromatic nitrogens is 2. The van der Waals surface area contributed by atoms with Crippen LogP contribution in [0.1, 0.15) is 23.9 Å². The van der Waals surface area contributed by atoms with Gasteiger partial charge in [-0.3, -0.25) is 4.68 Å². The average Bonchev–Trinajstić information content (AvgIpc) is 2.33. The van der Waals surface area contributed by atoms with Gasteiger partial charge in [-0.2, -0.15) is 5.10 Å². The molecule has 0 aliphatic rings. The zero-order chi connectivity index (χ0) is 10.0. The Balaban J connectivity index is 2.94. The molecule has 5 heteroatoms. The monoisotopic (exact) mass is 248 g/mol. The minimum Gasteiger partial charge on any atom is -0.396 e. The molecule has 1 atom stereocenters. The van der Waals surface area contributed by atoms with Crippen molar-refractivity contribution >= 4 is 15.9 Å². The van der Waals surface area contributed by atoms with Crippen molar-refractivity contribution in [1.29, 1.82) is 0 Å². The first-order chi connectivity index (χ1) is 6.07. The molecule has 1 heterocycles. The van der Waals surface area contributed by atoms with Gasteiger partial charge >= 0.3 is 0 Å². The van der Waals surface area contributed by atoms with Gasteiger partial charge in [-0.15, -0.1) is 0 Å². The lowest BCUT2D eigenvalue weighted by molar-refractivity contribution is 0.129. The van der Waals surface area contributed by atoms with E-state index in [9.17, 15) is 5.11 Å². The Morgan fingerprint density at radius 2 is 2.23 bits per heavy atom. The highest BCUT2D eigenvalue weighted by Gasteiger charge is 2.17. The molecule has 2 N–H and O–H groups in total. The fraction of sp³-hybridized carbons (Fsp3) is 0.625. The second-order valence-electron chi connectivity index (χ2n) is 2.94. The van der Waals surface area contributed by atoms with Crippen LogP contribution in [-0.4, -0.2) is 26.6 Å². The van der Waals surface area contributed by atoms with Crippen molar-refractivity contribution in [3.8, 4) is 0 Å². The Bertz CT molecular complexity index is 299. The lowest BCUT2D eigenvalue weighted by Gasteiger charge is -2.04. The zero-order valence-corrected chi connectivity index (χ0v) is 9.24. The molecule has 0 saturated carbocycles. The summed E-state index contributed by atoms with van der Waals surface area (Å²) in [5.74, 6) is 0. The first kappa shape index (κ1) is 10.7. The molecule has 74 valence electrons. The summed E-state index contributed by atoms with van der Waals surface area (Å²) in [5, 5.41) is 22.4. The van der Waals surface area contributed by atoms with Crippen molar-refractivity contribution in [1.82, 2.24) is 9.78 Å². The molecule has 0 amide bonds. The van der Waals surface area contributed by atoms with Gasteiger partial charge in [-0.05, 0) is 22.9 Å². The smallest absolute Gasteiger partial charge is 0.105 e. The van der Waals surface area contributed by atoms with Crippen molar-refractivity contribution in [3.63, 3.8) is 0 Å². The predicted molar refractivity (Wildman–Crippen MR) is 52.3 cm³/mol. The SMILES string of the molecule is Cc1c(Br)c([C@H](O)CCO)nn1C.